The van der Waals surface area contributed by atoms with E-state index in [4.69, 9.17) is 0 Å². The van der Waals surface area contributed by atoms with Crippen LogP contribution in [0, 0.1) is 0 Å². The molecule has 1 aromatic heterocycles. The molecule has 0 radical (unpaired) electrons. The number of halogens is 3. The van der Waals surface area contributed by atoms with E-state index in [1.807, 2.05) is 12.1 Å². The van der Waals surface area contributed by atoms with Gasteiger partial charge >= 0.3 is 6.18 Å². The van der Waals surface area contributed by atoms with E-state index in [1.54, 1.807) is 12.1 Å². The number of para-hydroxylation sites is 1. The first-order chi connectivity index (χ1) is 11.5. The van der Waals surface area contributed by atoms with Crippen LogP contribution >= 0.6 is 0 Å². The maximum Gasteiger partial charge on any atom is 0.416 e. The number of hydrogen-bond acceptors (Lipinski definition) is 1. The van der Waals surface area contributed by atoms with Crippen molar-refractivity contribution in [3.05, 3.63) is 71.4 Å². The Balaban J connectivity index is 1.79. The van der Waals surface area contributed by atoms with Gasteiger partial charge in [0.1, 0.15) is 0 Å². The van der Waals surface area contributed by atoms with Gasteiger partial charge in [-0.25, -0.2) is 0 Å². The highest BCUT2D eigenvalue weighted by Gasteiger charge is 2.30. The fraction of sp³-hybridized carbons (Fsp3) is 0.263. The zero-order valence-corrected chi connectivity index (χ0v) is 13.0. The Morgan fingerprint density at radius 3 is 2.50 bits per heavy atom. The van der Waals surface area contributed by atoms with Gasteiger partial charge in [-0.2, -0.15) is 13.2 Å². The van der Waals surface area contributed by atoms with Gasteiger partial charge in [0.05, 0.1) is 5.56 Å². The van der Waals surface area contributed by atoms with Crippen molar-refractivity contribution in [1.29, 1.82) is 0 Å². The third-order valence-corrected chi connectivity index (χ3v) is 4.70. The first kappa shape index (κ1) is 15.3. The smallest absolute Gasteiger partial charge is 0.343 e. The summed E-state index contributed by atoms with van der Waals surface area (Å²) in [6, 6.07) is 15.9. The largest absolute Gasteiger partial charge is 0.416 e. The minimum Gasteiger partial charge on any atom is -0.343 e. The van der Waals surface area contributed by atoms with Gasteiger partial charge in [-0.05, 0) is 35.2 Å². The summed E-state index contributed by atoms with van der Waals surface area (Å²) in [5.74, 6) is 0.0437. The molecule has 4 rings (SSSR count). The van der Waals surface area contributed by atoms with Crippen LogP contribution in [0.1, 0.15) is 22.7 Å². The van der Waals surface area contributed by atoms with Crippen molar-refractivity contribution < 1.29 is 13.2 Å². The van der Waals surface area contributed by atoms with E-state index >= 15 is 0 Å². The summed E-state index contributed by atoms with van der Waals surface area (Å²) in [5, 5.41) is 4.57. The molecule has 124 valence electrons. The van der Waals surface area contributed by atoms with Crippen LogP contribution in [0.3, 0.4) is 0 Å². The Hall–Kier alpha value is -2.27. The highest BCUT2D eigenvalue weighted by Crippen LogP contribution is 2.34. The van der Waals surface area contributed by atoms with Crippen LogP contribution in [0.25, 0.3) is 10.9 Å². The summed E-state index contributed by atoms with van der Waals surface area (Å²) in [6.45, 7) is 2.43. The van der Waals surface area contributed by atoms with Gasteiger partial charge in [-0.1, -0.05) is 30.3 Å². The molecular formula is C19H17F3N2. The van der Waals surface area contributed by atoms with Crippen molar-refractivity contribution in [2.75, 3.05) is 13.1 Å². The number of hydrogen-bond donors (Lipinski definition) is 1. The van der Waals surface area contributed by atoms with Gasteiger partial charge in [0, 0.05) is 36.8 Å². The maximum atomic E-state index is 12.8. The minimum absolute atomic E-state index is 0.0437. The van der Waals surface area contributed by atoms with Gasteiger partial charge in [0.2, 0.25) is 0 Å². The molecule has 3 aromatic rings. The molecule has 0 saturated heterocycles. The molecule has 24 heavy (non-hydrogen) atoms. The second kappa shape index (κ2) is 5.67. The second-order valence-corrected chi connectivity index (χ2v) is 6.16. The van der Waals surface area contributed by atoms with Crippen LogP contribution in [0.15, 0.2) is 54.6 Å². The Morgan fingerprint density at radius 1 is 1.00 bits per heavy atom. The molecule has 1 N–H and O–H groups in total. The van der Waals surface area contributed by atoms with Gasteiger partial charge in [-0.15, -0.1) is 0 Å². The number of nitrogens with zero attached hydrogens (tertiary/aromatic N) is 1. The average Bonchev–Trinajstić information content (AvgIpc) is 2.80. The highest BCUT2D eigenvalue weighted by atomic mass is 19.4. The van der Waals surface area contributed by atoms with Crippen molar-refractivity contribution in [2.45, 2.75) is 18.6 Å². The van der Waals surface area contributed by atoms with Crippen LogP contribution in [0.4, 0.5) is 13.2 Å². The molecule has 0 amide bonds. The molecule has 2 nitrogen and oxygen atoms in total. The zero-order valence-electron chi connectivity index (χ0n) is 13.0. The summed E-state index contributed by atoms with van der Waals surface area (Å²) in [4.78, 5) is 0. The normalized spacial score (nSPS) is 18.4. The lowest BCUT2D eigenvalue weighted by molar-refractivity contribution is -0.137. The van der Waals surface area contributed by atoms with Crippen LogP contribution in [0.5, 0.6) is 0 Å². The Labute approximate surface area is 137 Å². The predicted molar refractivity (Wildman–Crippen MR) is 88.1 cm³/mol. The van der Waals surface area contributed by atoms with Gasteiger partial charge in [-0.3, -0.25) is 0 Å². The van der Waals surface area contributed by atoms with E-state index in [-0.39, 0.29) is 5.92 Å². The molecule has 5 heteroatoms. The van der Waals surface area contributed by atoms with Crippen molar-refractivity contribution in [2.24, 2.45) is 0 Å². The Bertz CT molecular complexity index is 862. The van der Waals surface area contributed by atoms with E-state index in [0.29, 0.717) is 0 Å². The van der Waals surface area contributed by atoms with Gasteiger partial charge in [0.25, 0.3) is 0 Å². The summed E-state index contributed by atoms with van der Waals surface area (Å²) in [5.41, 5.74) is 2.63. The first-order valence-electron chi connectivity index (χ1n) is 8.00. The van der Waals surface area contributed by atoms with E-state index in [0.717, 1.165) is 30.9 Å². The molecule has 1 atom stereocenters. The van der Waals surface area contributed by atoms with Crippen LogP contribution in [0.2, 0.25) is 0 Å². The van der Waals surface area contributed by atoms with E-state index in [9.17, 15) is 13.2 Å². The number of rotatable bonds is 1. The fourth-order valence-electron chi connectivity index (χ4n) is 3.50. The highest BCUT2D eigenvalue weighted by molar-refractivity contribution is 5.81. The molecular weight excluding hydrogens is 313 g/mol. The molecule has 2 heterocycles. The summed E-state index contributed by atoms with van der Waals surface area (Å²) < 4.78 is 40.6. The third kappa shape index (κ3) is 2.59. The lowest BCUT2D eigenvalue weighted by Gasteiger charge is -2.17. The van der Waals surface area contributed by atoms with Gasteiger partial charge < -0.3 is 9.88 Å². The van der Waals surface area contributed by atoms with Crippen LogP contribution < -0.4 is 5.32 Å². The number of alkyl halides is 3. The summed E-state index contributed by atoms with van der Waals surface area (Å²) in [6.07, 6.45) is -4.30. The molecule has 1 aliphatic heterocycles. The second-order valence-electron chi connectivity index (χ2n) is 6.16. The third-order valence-electron chi connectivity index (χ3n) is 4.70. The predicted octanol–water partition coefficient (Wildman–Crippen LogP) is 4.40. The number of fused-ring (bicyclic) bond motifs is 3. The molecule has 0 fully saturated rings. The summed E-state index contributed by atoms with van der Waals surface area (Å²) >= 11 is 0. The van der Waals surface area contributed by atoms with E-state index in [2.05, 4.69) is 28.1 Å². The monoisotopic (exact) mass is 330 g/mol. The van der Waals surface area contributed by atoms with Gasteiger partial charge in [0.15, 0.2) is 0 Å². The number of benzene rings is 2. The maximum absolute atomic E-state index is 12.8. The first-order valence-corrected chi connectivity index (χ1v) is 8.00. The molecule has 0 aliphatic carbocycles. The van der Waals surface area contributed by atoms with Crippen LogP contribution in [-0.2, 0) is 12.7 Å². The minimum atomic E-state index is -4.30. The topological polar surface area (TPSA) is 17.0 Å². The van der Waals surface area contributed by atoms with E-state index in [1.165, 1.54) is 23.0 Å². The van der Waals surface area contributed by atoms with E-state index < -0.39 is 11.7 Å². The quantitative estimate of drug-likeness (QED) is 0.700. The molecule has 0 bridgehead atoms. The zero-order chi connectivity index (χ0) is 16.7. The Morgan fingerprint density at radius 2 is 1.75 bits per heavy atom. The standard InChI is InChI=1S/C19H17F3N2/c20-19(21,22)15-7-5-13(6-8-15)16-12-23-9-10-24-17-4-2-1-3-14(17)11-18(16)24/h1-8,11,16,23H,9-10,12H2. The lowest BCUT2D eigenvalue weighted by atomic mass is 9.94. The van der Waals surface area contributed by atoms with Crippen molar-refractivity contribution in [3.63, 3.8) is 0 Å². The van der Waals surface area contributed by atoms with Crippen molar-refractivity contribution in [1.82, 2.24) is 9.88 Å². The van der Waals surface area contributed by atoms with Crippen molar-refractivity contribution in [3.8, 4) is 0 Å². The SMILES string of the molecule is FC(F)(F)c1ccc(C2CNCCn3c2cc2ccccc23)cc1. The molecule has 0 saturated carbocycles. The van der Waals surface area contributed by atoms with Crippen LogP contribution in [-0.4, -0.2) is 17.7 Å². The molecule has 0 spiro atoms. The fourth-order valence-corrected chi connectivity index (χ4v) is 3.50. The molecule has 2 aromatic carbocycles. The lowest BCUT2D eigenvalue weighted by Crippen LogP contribution is -2.21. The average molecular weight is 330 g/mol. The number of aromatic nitrogens is 1. The summed E-state index contributed by atoms with van der Waals surface area (Å²) in [7, 11) is 0. The number of nitrogens with one attached hydrogen (secondary N) is 1. The van der Waals surface area contributed by atoms with Crippen molar-refractivity contribution >= 4 is 10.9 Å². The molecule has 1 aliphatic rings. The molecule has 1 unspecified atom stereocenters. The Kier molecular flexibility index (Phi) is 3.61.